The molecule has 4 rings (SSSR count). The third-order valence-corrected chi connectivity index (χ3v) is 6.00. The van der Waals surface area contributed by atoms with Crippen molar-refractivity contribution in [1.82, 2.24) is 19.7 Å². The number of carbonyl (C=O) groups is 1. The highest BCUT2D eigenvalue weighted by molar-refractivity contribution is 7.15. The van der Waals surface area contributed by atoms with Crippen molar-refractivity contribution in [2.45, 2.75) is 38.6 Å². The summed E-state index contributed by atoms with van der Waals surface area (Å²) in [6.07, 6.45) is 3.00. The minimum Gasteiger partial charge on any atom is -0.312 e. The molecule has 0 aliphatic carbocycles. The molecule has 2 aliphatic rings. The maximum atomic E-state index is 12.4. The number of carbonyl (C=O) groups excluding carboxylic acids is 1. The van der Waals surface area contributed by atoms with Crippen LogP contribution < -0.4 is 10.9 Å². The molecule has 8 heteroatoms. The van der Waals surface area contributed by atoms with Gasteiger partial charge < -0.3 is 4.57 Å². The van der Waals surface area contributed by atoms with Gasteiger partial charge >= 0.3 is 0 Å². The van der Waals surface area contributed by atoms with Gasteiger partial charge in [-0.1, -0.05) is 24.3 Å². The second-order valence-corrected chi connectivity index (χ2v) is 8.25. The van der Waals surface area contributed by atoms with Crippen LogP contribution in [0.15, 0.2) is 23.0 Å². The molecule has 2 bridgehead atoms. The van der Waals surface area contributed by atoms with E-state index in [0.29, 0.717) is 23.5 Å². The summed E-state index contributed by atoms with van der Waals surface area (Å²) < 4.78 is 1.91. The van der Waals surface area contributed by atoms with Crippen LogP contribution in [0.2, 0.25) is 0 Å². The van der Waals surface area contributed by atoms with E-state index in [1.165, 1.54) is 11.3 Å². The first-order valence-electron chi connectivity index (χ1n) is 9.16. The zero-order chi connectivity index (χ0) is 18.1. The van der Waals surface area contributed by atoms with E-state index < -0.39 is 0 Å². The van der Waals surface area contributed by atoms with Gasteiger partial charge in [-0.05, 0) is 24.8 Å². The summed E-state index contributed by atoms with van der Waals surface area (Å²) in [5, 5.41) is 12.5. The fourth-order valence-electron chi connectivity index (χ4n) is 4.11. The van der Waals surface area contributed by atoms with Crippen LogP contribution in [-0.2, 0) is 17.8 Å². The Bertz CT molecular complexity index is 861. The summed E-state index contributed by atoms with van der Waals surface area (Å²) in [5.41, 5.74) is 1.19. The van der Waals surface area contributed by atoms with E-state index in [1.807, 2.05) is 16.7 Å². The normalized spacial score (nSPS) is 22.0. The summed E-state index contributed by atoms with van der Waals surface area (Å²) in [7, 11) is 0. The van der Waals surface area contributed by atoms with Gasteiger partial charge in [-0.2, -0.15) is 0 Å². The monoisotopic (exact) mass is 373 g/mol. The van der Waals surface area contributed by atoms with Crippen LogP contribution in [0.1, 0.15) is 36.4 Å². The number of likely N-dealkylation sites (tertiary alicyclic amines) is 1. The van der Waals surface area contributed by atoms with Crippen LogP contribution in [0.3, 0.4) is 0 Å². The van der Waals surface area contributed by atoms with Gasteiger partial charge in [-0.25, -0.2) is 0 Å². The van der Waals surface area contributed by atoms with Gasteiger partial charge in [-0.15, -0.1) is 10.2 Å². The molecule has 1 N–H and O–H groups in total. The maximum absolute atomic E-state index is 12.4. The van der Waals surface area contributed by atoms with E-state index in [4.69, 9.17) is 0 Å². The Morgan fingerprint density at radius 3 is 3.04 bits per heavy atom. The number of aromatic nitrogens is 3. The first kappa shape index (κ1) is 17.4. The quantitative estimate of drug-likeness (QED) is 0.863. The van der Waals surface area contributed by atoms with Crippen LogP contribution in [-0.4, -0.2) is 45.2 Å². The van der Waals surface area contributed by atoms with Gasteiger partial charge in [-0.3, -0.25) is 19.8 Å². The summed E-state index contributed by atoms with van der Waals surface area (Å²) >= 11 is 1.45. The SMILES string of the molecule is CCCc1nnc(NC(=O)CN2CC3CC(C2)c2cccc(=O)n2C3)s1. The van der Waals surface area contributed by atoms with Crippen molar-refractivity contribution in [2.75, 3.05) is 25.0 Å². The molecular weight excluding hydrogens is 350 g/mol. The number of nitrogens with one attached hydrogen (secondary N) is 1. The zero-order valence-electron chi connectivity index (χ0n) is 14.9. The molecule has 1 fully saturated rings. The van der Waals surface area contributed by atoms with Crippen LogP contribution in [0, 0.1) is 5.92 Å². The Kier molecular flexibility index (Phi) is 4.86. The zero-order valence-corrected chi connectivity index (χ0v) is 15.7. The lowest BCUT2D eigenvalue weighted by Gasteiger charge is -2.42. The molecule has 2 aliphatic heterocycles. The third kappa shape index (κ3) is 3.57. The van der Waals surface area contributed by atoms with E-state index in [9.17, 15) is 9.59 Å². The minimum atomic E-state index is -0.0466. The van der Waals surface area contributed by atoms with Gasteiger partial charge in [0.2, 0.25) is 11.0 Å². The highest BCUT2D eigenvalue weighted by Gasteiger charge is 2.34. The number of nitrogens with zero attached hydrogens (tertiary/aromatic N) is 4. The number of hydrogen-bond donors (Lipinski definition) is 1. The molecule has 1 saturated heterocycles. The first-order valence-corrected chi connectivity index (χ1v) is 9.98. The second-order valence-electron chi connectivity index (χ2n) is 7.19. The van der Waals surface area contributed by atoms with Crippen molar-refractivity contribution in [3.05, 3.63) is 39.3 Å². The Morgan fingerprint density at radius 1 is 1.31 bits per heavy atom. The summed E-state index contributed by atoms with van der Waals surface area (Å²) in [6.45, 7) is 4.86. The standard InChI is InChI=1S/C18H23N5O2S/c1-2-4-16-20-21-18(26-16)19-15(24)11-22-8-12-7-13(10-22)14-5-3-6-17(25)23(14)9-12/h3,5-6,12-13H,2,4,7-11H2,1H3,(H,19,21,24). The van der Waals surface area contributed by atoms with Crippen molar-refractivity contribution in [3.63, 3.8) is 0 Å². The second kappa shape index (κ2) is 7.28. The Hall–Kier alpha value is -2.06. The number of pyridine rings is 1. The van der Waals surface area contributed by atoms with Gasteiger partial charge in [0, 0.05) is 43.7 Å². The van der Waals surface area contributed by atoms with Crippen LogP contribution in [0.4, 0.5) is 5.13 Å². The predicted molar refractivity (Wildman–Crippen MR) is 101 cm³/mol. The molecule has 26 heavy (non-hydrogen) atoms. The molecular formula is C18H23N5O2S. The third-order valence-electron chi connectivity index (χ3n) is 5.10. The lowest BCUT2D eigenvalue weighted by Crippen LogP contribution is -2.49. The lowest BCUT2D eigenvalue weighted by atomic mass is 9.83. The predicted octanol–water partition coefficient (Wildman–Crippen LogP) is 1.71. The Morgan fingerprint density at radius 2 is 2.19 bits per heavy atom. The van der Waals surface area contributed by atoms with Crippen LogP contribution in [0.5, 0.6) is 0 Å². The first-order chi connectivity index (χ1) is 12.6. The van der Waals surface area contributed by atoms with Gasteiger partial charge in [0.15, 0.2) is 0 Å². The fraction of sp³-hybridized carbons (Fsp3) is 0.556. The van der Waals surface area contributed by atoms with Crippen molar-refractivity contribution in [3.8, 4) is 0 Å². The van der Waals surface area contributed by atoms with E-state index >= 15 is 0 Å². The Labute approximate surface area is 156 Å². The maximum Gasteiger partial charge on any atom is 0.250 e. The smallest absolute Gasteiger partial charge is 0.250 e. The van der Waals surface area contributed by atoms with Crippen molar-refractivity contribution >= 4 is 22.4 Å². The van der Waals surface area contributed by atoms with Gasteiger partial charge in [0.05, 0.1) is 6.54 Å². The molecule has 0 saturated carbocycles. The number of aryl methyl sites for hydroxylation is 1. The highest BCUT2D eigenvalue weighted by Crippen LogP contribution is 2.34. The van der Waals surface area contributed by atoms with Crippen LogP contribution >= 0.6 is 11.3 Å². The largest absolute Gasteiger partial charge is 0.312 e. The molecule has 0 aromatic carbocycles. The molecule has 7 nitrogen and oxygen atoms in total. The van der Waals surface area contributed by atoms with Crippen LogP contribution in [0.25, 0.3) is 0 Å². The van der Waals surface area contributed by atoms with Crippen molar-refractivity contribution < 1.29 is 4.79 Å². The number of rotatable bonds is 5. The molecule has 2 aromatic rings. The number of amides is 1. The molecule has 2 aromatic heterocycles. The molecule has 138 valence electrons. The van der Waals surface area contributed by atoms with E-state index in [1.54, 1.807) is 6.07 Å². The molecule has 0 radical (unpaired) electrons. The molecule has 2 atom stereocenters. The van der Waals surface area contributed by atoms with Gasteiger partial charge in [0.1, 0.15) is 5.01 Å². The number of piperidine rings is 1. The van der Waals surface area contributed by atoms with Crippen molar-refractivity contribution in [1.29, 1.82) is 0 Å². The summed E-state index contributed by atoms with van der Waals surface area (Å²) in [4.78, 5) is 26.7. The molecule has 0 spiro atoms. The summed E-state index contributed by atoms with van der Waals surface area (Å²) in [6, 6.07) is 5.51. The van der Waals surface area contributed by atoms with E-state index in [-0.39, 0.29) is 11.5 Å². The van der Waals surface area contributed by atoms with E-state index in [0.717, 1.165) is 49.6 Å². The minimum absolute atomic E-state index is 0.0466. The lowest BCUT2D eigenvalue weighted by molar-refractivity contribution is -0.117. The number of anilines is 1. The van der Waals surface area contributed by atoms with Crippen molar-refractivity contribution in [2.24, 2.45) is 5.92 Å². The average molecular weight is 373 g/mol. The van der Waals surface area contributed by atoms with E-state index in [2.05, 4.69) is 27.3 Å². The average Bonchev–Trinajstić information content (AvgIpc) is 3.03. The molecule has 4 heterocycles. The fourth-order valence-corrected chi connectivity index (χ4v) is 4.96. The molecule has 2 unspecified atom stereocenters. The van der Waals surface area contributed by atoms with Gasteiger partial charge in [0.25, 0.3) is 5.56 Å². The Balaban J connectivity index is 1.39. The number of fused-ring (bicyclic) bond motifs is 4. The number of hydrogen-bond acceptors (Lipinski definition) is 6. The topological polar surface area (TPSA) is 80.1 Å². The highest BCUT2D eigenvalue weighted by atomic mass is 32.1. The molecule has 1 amide bonds. The summed E-state index contributed by atoms with van der Waals surface area (Å²) in [5.74, 6) is 0.698.